The van der Waals surface area contributed by atoms with Crippen molar-refractivity contribution >= 4 is 11.7 Å². The topological polar surface area (TPSA) is 67.2 Å². The van der Waals surface area contributed by atoms with Crippen LogP contribution in [-0.4, -0.2) is 56.5 Å². The molecule has 168 valence electrons. The minimum Gasteiger partial charge on any atom is -0.353 e. The van der Waals surface area contributed by atoms with Crippen LogP contribution in [-0.2, 0) is 5.41 Å². The van der Waals surface area contributed by atoms with Gasteiger partial charge in [-0.15, -0.1) is 0 Å². The van der Waals surface area contributed by atoms with E-state index in [0.29, 0.717) is 13.1 Å². The van der Waals surface area contributed by atoms with E-state index in [1.807, 2.05) is 48.4 Å². The fourth-order valence-electron chi connectivity index (χ4n) is 3.99. The van der Waals surface area contributed by atoms with Gasteiger partial charge in [0.05, 0.1) is 5.69 Å². The molecular weight excluding hydrogens is 400 g/mol. The summed E-state index contributed by atoms with van der Waals surface area (Å²) in [5.74, 6) is 2.53. The third-order valence-corrected chi connectivity index (χ3v) is 6.20. The number of hydrogen-bond acceptors (Lipinski definition) is 5. The van der Waals surface area contributed by atoms with Gasteiger partial charge in [0.2, 0.25) is 0 Å². The Hall–Kier alpha value is -3.22. The minimum atomic E-state index is 0.0790. The van der Waals surface area contributed by atoms with Crippen LogP contribution in [0, 0.1) is 20.8 Å². The second-order valence-corrected chi connectivity index (χ2v) is 9.52. The Balaban J connectivity index is 1.46. The van der Waals surface area contributed by atoms with Crippen molar-refractivity contribution in [2.24, 2.45) is 0 Å². The Labute approximate surface area is 190 Å². The van der Waals surface area contributed by atoms with Gasteiger partial charge in [0.25, 0.3) is 5.91 Å². The number of aromatic nitrogens is 4. The monoisotopic (exact) mass is 432 g/mol. The van der Waals surface area contributed by atoms with E-state index in [2.05, 4.69) is 52.8 Å². The highest BCUT2D eigenvalue weighted by Crippen LogP contribution is 2.23. The molecule has 0 spiro atoms. The van der Waals surface area contributed by atoms with Crippen molar-refractivity contribution in [1.29, 1.82) is 0 Å². The molecule has 0 saturated carbocycles. The number of aryl methyl sites for hydroxylation is 2. The lowest BCUT2D eigenvalue weighted by molar-refractivity contribution is 0.0746. The summed E-state index contributed by atoms with van der Waals surface area (Å²) in [6, 6.07) is 10.0. The molecule has 1 aromatic carbocycles. The zero-order valence-electron chi connectivity index (χ0n) is 19.9. The number of hydrogen-bond donors (Lipinski definition) is 0. The lowest BCUT2D eigenvalue weighted by Crippen LogP contribution is -2.49. The fourth-order valence-corrected chi connectivity index (χ4v) is 3.99. The van der Waals surface area contributed by atoms with Gasteiger partial charge in [-0.2, -0.15) is 0 Å². The van der Waals surface area contributed by atoms with Crippen LogP contribution in [0.4, 0.5) is 5.82 Å². The first-order valence-electron chi connectivity index (χ1n) is 11.1. The molecule has 1 aliphatic heterocycles. The Morgan fingerprint density at radius 1 is 0.906 bits per heavy atom. The maximum Gasteiger partial charge on any atom is 0.253 e. The highest BCUT2D eigenvalue weighted by atomic mass is 16.2. The molecule has 0 radical (unpaired) electrons. The first-order chi connectivity index (χ1) is 15.1. The Morgan fingerprint density at radius 2 is 1.53 bits per heavy atom. The standard InChI is InChI=1S/C25H32N6O/c1-17-18(2)31(16-26-17)23-15-22(27-19(3)28-23)29-11-13-30(14-12-29)24(32)20-7-9-21(10-8-20)25(4,5)6/h7-10,15-16H,11-14H2,1-6H3. The van der Waals surface area contributed by atoms with E-state index in [9.17, 15) is 4.79 Å². The van der Waals surface area contributed by atoms with Gasteiger partial charge in [0.15, 0.2) is 0 Å². The SMILES string of the molecule is Cc1nc(N2CCN(C(=O)c3ccc(C(C)(C)C)cc3)CC2)cc(-n2cnc(C)c2C)n1. The molecule has 0 bridgehead atoms. The van der Waals surface area contributed by atoms with E-state index < -0.39 is 0 Å². The van der Waals surface area contributed by atoms with Crippen molar-refractivity contribution in [3.05, 3.63) is 65.0 Å². The van der Waals surface area contributed by atoms with Crippen molar-refractivity contribution < 1.29 is 4.79 Å². The molecule has 32 heavy (non-hydrogen) atoms. The summed E-state index contributed by atoms with van der Waals surface area (Å²) in [6.45, 7) is 15.3. The lowest BCUT2D eigenvalue weighted by atomic mass is 9.86. The van der Waals surface area contributed by atoms with Crippen LogP contribution in [0.5, 0.6) is 0 Å². The predicted molar refractivity (Wildman–Crippen MR) is 127 cm³/mol. The predicted octanol–water partition coefficient (Wildman–Crippen LogP) is 3.85. The normalized spacial score (nSPS) is 14.7. The summed E-state index contributed by atoms with van der Waals surface area (Å²) >= 11 is 0. The number of piperazine rings is 1. The Kier molecular flexibility index (Phi) is 5.75. The van der Waals surface area contributed by atoms with Gasteiger partial charge in [0, 0.05) is 43.5 Å². The second-order valence-electron chi connectivity index (χ2n) is 9.52. The molecule has 1 amide bonds. The van der Waals surface area contributed by atoms with Gasteiger partial charge in [-0.25, -0.2) is 15.0 Å². The van der Waals surface area contributed by atoms with Crippen LogP contribution >= 0.6 is 0 Å². The maximum absolute atomic E-state index is 13.0. The molecule has 0 aliphatic carbocycles. The van der Waals surface area contributed by atoms with Gasteiger partial charge in [-0.1, -0.05) is 32.9 Å². The molecule has 0 atom stereocenters. The smallest absolute Gasteiger partial charge is 0.253 e. The van der Waals surface area contributed by atoms with Crippen LogP contribution in [0.1, 0.15) is 53.9 Å². The van der Waals surface area contributed by atoms with Gasteiger partial charge < -0.3 is 9.80 Å². The number of nitrogens with zero attached hydrogens (tertiary/aromatic N) is 6. The molecule has 1 aliphatic rings. The number of amides is 1. The zero-order valence-corrected chi connectivity index (χ0v) is 19.9. The van der Waals surface area contributed by atoms with E-state index >= 15 is 0 Å². The number of carbonyl (C=O) groups excluding carboxylic acids is 1. The van der Waals surface area contributed by atoms with Crippen molar-refractivity contribution in [3.8, 4) is 5.82 Å². The molecule has 3 heterocycles. The average molecular weight is 433 g/mol. The van der Waals surface area contributed by atoms with E-state index in [-0.39, 0.29) is 11.3 Å². The van der Waals surface area contributed by atoms with Crippen molar-refractivity contribution in [2.75, 3.05) is 31.1 Å². The van der Waals surface area contributed by atoms with E-state index in [1.54, 1.807) is 6.33 Å². The largest absolute Gasteiger partial charge is 0.353 e. The molecule has 7 heteroatoms. The first kappa shape index (κ1) is 22.0. The fraction of sp³-hybridized carbons (Fsp3) is 0.440. The van der Waals surface area contributed by atoms with Crippen LogP contribution in [0.3, 0.4) is 0 Å². The third-order valence-electron chi connectivity index (χ3n) is 6.20. The van der Waals surface area contributed by atoms with Crippen LogP contribution in [0.15, 0.2) is 36.7 Å². The van der Waals surface area contributed by atoms with Crippen LogP contribution in [0.25, 0.3) is 5.82 Å². The number of imidazole rings is 1. The van der Waals surface area contributed by atoms with Gasteiger partial charge in [-0.05, 0) is 43.9 Å². The van der Waals surface area contributed by atoms with E-state index in [0.717, 1.165) is 47.5 Å². The van der Waals surface area contributed by atoms with E-state index in [1.165, 1.54) is 5.56 Å². The summed E-state index contributed by atoms with van der Waals surface area (Å²) in [4.78, 5) is 30.8. The summed E-state index contributed by atoms with van der Waals surface area (Å²) in [5, 5.41) is 0. The summed E-state index contributed by atoms with van der Waals surface area (Å²) < 4.78 is 1.99. The second kappa shape index (κ2) is 8.37. The zero-order chi connectivity index (χ0) is 23.0. The van der Waals surface area contributed by atoms with Crippen molar-refractivity contribution in [1.82, 2.24) is 24.4 Å². The molecule has 3 aromatic rings. The van der Waals surface area contributed by atoms with Crippen LogP contribution in [0.2, 0.25) is 0 Å². The van der Waals surface area contributed by atoms with Gasteiger partial charge in [0.1, 0.15) is 23.8 Å². The average Bonchev–Trinajstić information content (AvgIpc) is 3.11. The first-order valence-corrected chi connectivity index (χ1v) is 11.1. The lowest BCUT2D eigenvalue weighted by Gasteiger charge is -2.35. The molecule has 1 fully saturated rings. The molecule has 0 N–H and O–H groups in total. The number of rotatable bonds is 3. The molecule has 0 unspecified atom stereocenters. The quantitative estimate of drug-likeness (QED) is 0.629. The molecule has 1 saturated heterocycles. The Morgan fingerprint density at radius 3 is 2.09 bits per heavy atom. The number of carbonyl (C=O) groups is 1. The Bertz CT molecular complexity index is 1120. The molecule has 4 rings (SSSR count). The minimum absolute atomic E-state index is 0.0790. The van der Waals surface area contributed by atoms with E-state index in [4.69, 9.17) is 0 Å². The number of anilines is 1. The maximum atomic E-state index is 13.0. The summed E-state index contributed by atoms with van der Waals surface area (Å²) in [5.41, 5.74) is 4.12. The van der Waals surface area contributed by atoms with Crippen molar-refractivity contribution in [2.45, 2.75) is 47.0 Å². The molecule has 2 aromatic heterocycles. The van der Waals surface area contributed by atoms with Crippen LogP contribution < -0.4 is 4.90 Å². The van der Waals surface area contributed by atoms with Gasteiger partial charge in [-0.3, -0.25) is 9.36 Å². The highest BCUT2D eigenvalue weighted by Gasteiger charge is 2.24. The highest BCUT2D eigenvalue weighted by molar-refractivity contribution is 5.94. The third kappa shape index (κ3) is 4.38. The van der Waals surface area contributed by atoms with Gasteiger partial charge >= 0.3 is 0 Å². The summed E-state index contributed by atoms with van der Waals surface area (Å²) in [7, 11) is 0. The number of benzene rings is 1. The summed E-state index contributed by atoms with van der Waals surface area (Å²) in [6.07, 6.45) is 1.80. The molecule has 7 nitrogen and oxygen atoms in total. The molecular formula is C25H32N6O. The van der Waals surface area contributed by atoms with Crippen molar-refractivity contribution in [3.63, 3.8) is 0 Å².